The third-order valence-electron chi connectivity index (χ3n) is 4.11. The van der Waals surface area contributed by atoms with Crippen LogP contribution in [0.4, 0.5) is 0 Å². The average molecular weight is 297 g/mol. The van der Waals surface area contributed by atoms with Crippen LogP contribution in [0.15, 0.2) is 12.2 Å². The fourth-order valence-corrected chi connectivity index (χ4v) is 2.67. The lowest BCUT2D eigenvalue weighted by molar-refractivity contribution is 0.192. The lowest BCUT2D eigenvalue weighted by Crippen LogP contribution is -1.88. The highest BCUT2D eigenvalue weighted by molar-refractivity contribution is 4.81. The van der Waals surface area contributed by atoms with Crippen LogP contribution in [0.5, 0.6) is 0 Å². The fraction of sp³-hybridized carbons (Fsp3) is 0.900. The summed E-state index contributed by atoms with van der Waals surface area (Å²) in [6, 6.07) is 0. The Balaban J connectivity index is 3.02. The van der Waals surface area contributed by atoms with Gasteiger partial charge in [-0.3, -0.25) is 0 Å². The van der Waals surface area contributed by atoms with Crippen LogP contribution in [-0.2, 0) is 4.74 Å². The van der Waals surface area contributed by atoms with E-state index in [1.54, 1.807) is 7.11 Å². The second-order valence-corrected chi connectivity index (χ2v) is 6.28. The number of allylic oxidation sites excluding steroid dienone is 2. The molecule has 0 amide bonds. The normalized spacial score (nSPS) is 11.5. The monoisotopic (exact) mass is 296 g/mol. The molecule has 0 rings (SSSR count). The summed E-state index contributed by atoms with van der Waals surface area (Å²) < 4.78 is 5.06. The quantitative estimate of drug-likeness (QED) is 0.206. The molecule has 0 fully saturated rings. The van der Waals surface area contributed by atoms with Gasteiger partial charge in [-0.15, -0.1) is 0 Å². The van der Waals surface area contributed by atoms with Gasteiger partial charge in [-0.25, -0.2) is 0 Å². The van der Waals surface area contributed by atoms with Crippen molar-refractivity contribution >= 4 is 0 Å². The molecule has 0 radical (unpaired) electrons. The topological polar surface area (TPSA) is 9.23 Å². The third kappa shape index (κ3) is 19.7. The van der Waals surface area contributed by atoms with Crippen molar-refractivity contribution in [2.24, 2.45) is 0 Å². The minimum atomic E-state index is 0.934. The Morgan fingerprint density at radius 2 is 1.00 bits per heavy atom. The predicted molar refractivity (Wildman–Crippen MR) is 95.9 cm³/mol. The molecule has 0 spiro atoms. The number of ether oxygens (including phenoxy) is 1. The summed E-state index contributed by atoms with van der Waals surface area (Å²) >= 11 is 0. The highest BCUT2D eigenvalue weighted by Crippen LogP contribution is 2.10. The second-order valence-electron chi connectivity index (χ2n) is 6.28. The average Bonchev–Trinajstić information content (AvgIpc) is 2.50. The number of methoxy groups -OCH3 is 1. The van der Waals surface area contributed by atoms with Crippen LogP contribution in [-0.4, -0.2) is 13.7 Å². The lowest BCUT2D eigenvalue weighted by atomic mass is 10.1. The van der Waals surface area contributed by atoms with Gasteiger partial charge in [0.25, 0.3) is 0 Å². The molecule has 1 nitrogen and oxygen atoms in total. The Morgan fingerprint density at radius 3 is 1.48 bits per heavy atom. The first kappa shape index (κ1) is 20.7. The van der Waals surface area contributed by atoms with Crippen LogP contribution in [0.25, 0.3) is 0 Å². The number of hydrogen-bond acceptors (Lipinski definition) is 1. The molecule has 0 unspecified atom stereocenters. The van der Waals surface area contributed by atoms with Crippen molar-refractivity contribution in [3.63, 3.8) is 0 Å². The summed E-state index contributed by atoms with van der Waals surface area (Å²) in [6.45, 7) is 3.22. The van der Waals surface area contributed by atoms with Crippen molar-refractivity contribution in [1.29, 1.82) is 0 Å². The van der Waals surface area contributed by atoms with Crippen LogP contribution in [0.2, 0.25) is 0 Å². The molecule has 0 atom stereocenters. The third-order valence-corrected chi connectivity index (χ3v) is 4.11. The first-order valence-electron chi connectivity index (χ1n) is 9.55. The minimum absolute atomic E-state index is 0.934. The maximum Gasteiger partial charge on any atom is 0.0462 e. The van der Waals surface area contributed by atoms with Gasteiger partial charge < -0.3 is 4.74 Å². The van der Waals surface area contributed by atoms with Crippen molar-refractivity contribution in [2.75, 3.05) is 13.7 Å². The van der Waals surface area contributed by atoms with Gasteiger partial charge >= 0.3 is 0 Å². The first-order chi connectivity index (χ1) is 10.4. The summed E-state index contributed by atoms with van der Waals surface area (Å²) in [6.07, 6.45) is 25.4. The zero-order valence-electron chi connectivity index (χ0n) is 14.9. The molecule has 0 aliphatic heterocycles. The smallest absolute Gasteiger partial charge is 0.0462 e. The molecular weight excluding hydrogens is 256 g/mol. The summed E-state index contributed by atoms with van der Waals surface area (Å²) in [7, 11) is 1.79. The van der Waals surface area contributed by atoms with Gasteiger partial charge in [-0.2, -0.15) is 0 Å². The Labute approximate surface area is 134 Å². The Bertz CT molecular complexity index is 198. The van der Waals surface area contributed by atoms with Crippen LogP contribution >= 0.6 is 0 Å². The molecule has 0 N–H and O–H groups in total. The van der Waals surface area contributed by atoms with E-state index in [0.29, 0.717) is 0 Å². The van der Waals surface area contributed by atoms with E-state index in [2.05, 4.69) is 19.1 Å². The van der Waals surface area contributed by atoms with E-state index in [-0.39, 0.29) is 0 Å². The molecule has 0 aromatic carbocycles. The minimum Gasteiger partial charge on any atom is -0.385 e. The Kier molecular flexibility index (Phi) is 19.4. The highest BCUT2D eigenvalue weighted by atomic mass is 16.5. The molecule has 0 aromatic heterocycles. The summed E-state index contributed by atoms with van der Waals surface area (Å²) in [5.74, 6) is 0. The molecular formula is C20H40O. The zero-order valence-corrected chi connectivity index (χ0v) is 14.9. The summed E-state index contributed by atoms with van der Waals surface area (Å²) in [4.78, 5) is 0. The molecule has 0 aliphatic carbocycles. The SMILES string of the molecule is CCCCCCCCC=CCCCCCCCCCOC. The Morgan fingerprint density at radius 1 is 0.571 bits per heavy atom. The van der Waals surface area contributed by atoms with Gasteiger partial charge in [-0.1, -0.05) is 83.3 Å². The van der Waals surface area contributed by atoms with E-state index in [1.165, 1.54) is 96.3 Å². The highest BCUT2D eigenvalue weighted by Gasteiger charge is 1.91. The van der Waals surface area contributed by atoms with Gasteiger partial charge in [0.05, 0.1) is 0 Å². The molecule has 21 heavy (non-hydrogen) atoms. The molecule has 0 aromatic rings. The molecule has 0 heterocycles. The van der Waals surface area contributed by atoms with Crippen molar-refractivity contribution in [3.8, 4) is 0 Å². The zero-order chi connectivity index (χ0) is 15.4. The predicted octanol–water partition coefficient (Wildman–Crippen LogP) is 7.06. The summed E-state index contributed by atoms with van der Waals surface area (Å²) in [5.41, 5.74) is 0. The van der Waals surface area contributed by atoms with Crippen molar-refractivity contribution < 1.29 is 4.74 Å². The standard InChI is InChI=1S/C20H40O/c1-3-4-5-6-7-8-9-10-11-12-13-14-15-16-17-18-19-20-21-2/h10-11H,3-9,12-20H2,1-2H3. The maximum atomic E-state index is 5.06. The van der Waals surface area contributed by atoms with Gasteiger partial charge in [0, 0.05) is 13.7 Å². The van der Waals surface area contributed by atoms with Crippen LogP contribution in [0, 0.1) is 0 Å². The van der Waals surface area contributed by atoms with Crippen LogP contribution in [0.1, 0.15) is 103 Å². The van der Waals surface area contributed by atoms with Gasteiger partial charge in [0.2, 0.25) is 0 Å². The molecule has 126 valence electrons. The van der Waals surface area contributed by atoms with E-state index >= 15 is 0 Å². The Hall–Kier alpha value is -0.300. The molecule has 0 bridgehead atoms. The van der Waals surface area contributed by atoms with Crippen LogP contribution in [0.3, 0.4) is 0 Å². The van der Waals surface area contributed by atoms with E-state index < -0.39 is 0 Å². The van der Waals surface area contributed by atoms with E-state index in [1.807, 2.05) is 0 Å². The second kappa shape index (κ2) is 19.7. The van der Waals surface area contributed by atoms with Gasteiger partial charge in [0.15, 0.2) is 0 Å². The summed E-state index contributed by atoms with van der Waals surface area (Å²) in [5, 5.41) is 0. The number of rotatable bonds is 17. The number of unbranched alkanes of at least 4 members (excludes halogenated alkanes) is 13. The van der Waals surface area contributed by atoms with Gasteiger partial charge in [-0.05, 0) is 32.1 Å². The van der Waals surface area contributed by atoms with Crippen molar-refractivity contribution in [1.82, 2.24) is 0 Å². The van der Waals surface area contributed by atoms with Gasteiger partial charge in [0.1, 0.15) is 0 Å². The van der Waals surface area contributed by atoms with Crippen LogP contribution < -0.4 is 0 Å². The first-order valence-corrected chi connectivity index (χ1v) is 9.55. The molecule has 0 saturated carbocycles. The number of hydrogen-bond donors (Lipinski definition) is 0. The molecule has 0 aliphatic rings. The van der Waals surface area contributed by atoms with Crippen molar-refractivity contribution in [3.05, 3.63) is 12.2 Å². The van der Waals surface area contributed by atoms with E-state index in [9.17, 15) is 0 Å². The van der Waals surface area contributed by atoms with E-state index in [4.69, 9.17) is 4.74 Å². The largest absolute Gasteiger partial charge is 0.385 e. The fourth-order valence-electron chi connectivity index (χ4n) is 2.67. The lowest BCUT2D eigenvalue weighted by Gasteiger charge is -2.01. The maximum absolute atomic E-state index is 5.06. The van der Waals surface area contributed by atoms with E-state index in [0.717, 1.165) is 6.61 Å². The van der Waals surface area contributed by atoms with Crippen molar-refractivity contribution in [2.45, 2.75) is 103 Å². The molecule has 0 saturated heterocycles. The molecule has 1 heteroatoms.